The first-order valence-electron chi connectivity index (χ1n) is 10.0. The number of urea groups is 1. The van der Waals surface area contributed by atoms with Crippen molar-refractivity contribution in [1.82, 2.24) is 10.6 Å². The van der Waals surface area contributed by atoms with Gasteiger partial charge in [0.25, 0.3) is 5.91 Å². The van der Waals surface area contributed by atoms with Crippen LogP contribution in [-0.2, 0) is 19.1 Å². The van der Waals surface area contributed by atoms with Crippen LogP contribution in [0.4, 0.5) is 10.5 Å². The van der Waals surface area contributed by atoms with Crippen LogP contribution in [0.2, 0.25) is 0 Å². The minimum absolute atomic E-state index is 0.0391. The van der Waals surface area contributed by atoms with Crippen molar-refractivity contribution in [2.45, 2.75) is 51.5 Å². The van der Waals surface area contributed by atoms with Crippen LogP contribution < -0.4 is 15.5 Å². The van der Waals surface area contributed by atoms with E-state index in [-0.39, 0.29) is 30.8 Å². The van der Waals surface area contributed by atoms with Crippen molar-refractivity contribution in [1.29, 1.82) is 0 Å². The molecule has 2 aliphatic rings. The summed E-state index contributed by atoms with van der Waals surface area (Å²) in [7, 11) is 0. The highest BCUT2D eigenvalue weighted by Crippen LogP contribution is 2.33. The topological polar surface area (TPSA) is 105 Å². The van der Waals surface area contributed by atoms with E-state index in [0.717, 1.165) is 30.5 Å². The largest absolute Gasteiger partial charge is 0.455 e. The lowest BCUT2D eigenvalue weighted by Crippen LogP contribution is -2.42. The fourth-order valence-electron chi connectivity index (χ4n) is 3.33. The molecule has 8 heteroatoms. The zero-order chi connectivity index (χ0) is 21.0. The van der Waals surface area contributed by atoms with E-state index >= 15 is 0 Å². The number of benzene rings is 1. The van der Waals surface area contributed by atoms with E-state index in [1.165, 1.54) is 0 Å². The van der Waals surface area contributed by atoms with Gasteiger partial charge in [-0.1, -0.05) is 32.0 Å². The molecule has 8 nitrogen and oxygen atoms in total. The van der Waals surface area contributed by atoms with Gasteiger partial charge in [0.2, 0.25) is 5.91 Å². The van der Waals surface area contributed by atoms with Crippen molar-refractivity contribution in [3.05, 3.63) is 29.8 Å². The Balaban J connectivity index is 1.54. The van der Waals surface area contributed by atoms with Crippen molar-refractivity contribution in [2.75, 3.05) is 18.1 Å². The molecule has 2 fully saturated rings. The van der Waals surface area contributed by atoms with Crippen LogP contribution in [0.3, 0.4) is 0 Å². The first-order chi connectivity index (χ1) is 13.9. The summed E-state index contributed by atoms with van der Waals surface area (Å²) in [5.74, 6) is -1.80. The number of nitrogens with one attached hydrogen (secondary N) is 2. The van der Waals surface area contributed by atoms with E-state index in [2.05, 4.69) is 24.5 Å². The molecule has 0 spiro atoms. The number of nitrogens with zero attached hydrogens (tertiary/aromatic N) is 1. The molecule has 1 aromatic carbocycles. The summed E-state index contributed by atoms with van der Waals surface area (Å²) in [6.45, 7) is 3.85. The third-order valence-electron chi connectivity index (χ3n) is 5.34. The lowest BCUT2D eigenvalue weighted by molar-refractivity contribution is -0.152. The van der Waals surface area contributed by atoms with E-state index in [9.17, 15) is 19.2 Å². The number of ether oxygens (including phenoxy) is 1. The second-order valence-electron chi connectivity index (χ2n) is 7.68. The number of carbonyl (C=O) groups is 4. The molecule has 1 aliphatic heterocycles. The van der Waals surface area contributed by atoms with Crippen molar-refractivity contribution in [3.63, 3.8) is 0 Å². The molecular weight excluding hydrogens is 374 g/mol. The first-order valence-corrected chi connectivity index (χ1v) is 10.0. The van der Waals surface area contributed by atoms with Gasteiger partial charge < -0.3 is 15.0 Å². The Morgan fingerprint density at radius 1 is 1.24 bits per heavy atom. The summed E-state index contributed by atoms with van der Waals surface area (Å²) in [5, 5.41) is 4.74. The van der Waals surface area contributed by atoms with Gasteiger partial charge in [-0.2, -0.15) is 0 Å². The number of esters is 1. The van der Waals surface area contributed by atoms with Gasteiger partial charge in [0.15, 0.2) is 6.61 Å². The maximum atomic E-state index is 12.5. The van der Waals surface area contributed by atoms with E-state index in [1.54, 1.807) is 4.90 Å². The number of hydrogen-bond donors (Lipinski definition) is 2. The van der Waals surface area contributed by atoms with E-state index in [0.29, 0.717) is 0 Å². The van der Waals surface area contributed by atoms with Crippen LogP contribution in [0.25, 0.3) is 0 Å². The predicted molar refractivity (Wildman–Crippen MR) is 106 cm³/mol. The number of amides is 4. The summed E-state index contributed by atoms with van der Waals surface area (Å²) in [5.41, 5.74) is 1.88. The fraction of sp³-hybridized carbons (Fsp3) is 0.524. The van der Waals surface area contributed by atoms with Crippen molar-refractivity contribution >= 4 is 29.5 Å². The molecule has 2 atom stereocenters. The highest BCUT2D eigenvalue weighted by Gasteiger charge is 2.37. The molecule has 1 saturated heterocycles. The van der Waals surface area contributed by atoms with Crippen LogP contribution in [0.15, 0.2) is 24.3 Å². The summed E-state index contributed by atoms with van der Waals surface area (Å²) in [6, 6.07) is 7.24. The molecule has 1 saturated carbocycles. The Labute approximate surface area is 170 Å². The molecule has 3 rings (SSSR count). The standard InChI is InChI=1S/C21H27N3O5/c1-3-13(2)16-6-4-5-7-17(16)24-11-14(10-19(24)26)20(27)29-12-18(25)23-21(28)22-15-8-9-15/h4-7,13-15H,3,8-12H2,1-2H3,(H2,22,23,25,28)/t13-,14+/m0/s1. The lowest BCUT2D eigenvalue weighted by Gasteiger charge is -2.23. The van der Waals surface area contributed by atoms with Crippen LogP contribution in [0, 0.1) is 5.92 Å². The monoisotopic (exact) mass is 401 g/mol. The van der Waals surface area contributed by atoms with Crippen LogP contribution in [-0.4, -0.2) is 43.0 Å². The summed E-state index contributed by atoms with van der Waals surface area (Å²) in [4.78, 5) is 49.8. The quantitative estimate of drug-likeness (QED) is 0.681. The molecule has 4 amide bonds. The molecule has 29 heavy (non-hydrogen) atoms. The number of rotatable bonds is 7. The Bertz CT molecular complexity index is 805. The molecule has 156 valence electrons. The van der Waals surface area contributed by atoms with Crippen LogP contribution >= 0.6 is 0 Å². The Hall–Kier alpha value is -2.90. The van der Waals surface area contributed by atoms with Crippen molar-refractivity contribution in [2.24, 2.45) is 5.92 Å². The summed E-state index contributed by atoms with van der Waals surface area (Å²) < 4.78 is 5.03. The van der Waals surface area contributed by atoms with Gasteiger partial charge in [-0.15, -0.1) is 0 Å². The van der Waals surface area contributed by atoms with Crippen molar-refractivity contribution < 1.29 is 23.9 Å². The molecule has 0 radical (unpaired) electrons. The zero-order valence-electron chi connectivity index (χ0n) is 16.8. The second-order valence-corrected chi connectivity index (χ2v) is 7.68. The smallest absolute Gasteiger partial charge is 0.321 e. The second kappa shape index (κ2) is 9.07. The van der Waals surface area contributed by atoms with Gasteiger partial charge in [0.05, 0.1) is 5.92 Å². The number of imide groups is 1. The van der Waals surface area contributed by atoms with Gasteiger partial charge in [-0.3, -0.25) is 19.7 Å². The lowest BCUT2D eigenvalue weighted by atomic mass is 9.96. The summed E-state index contributed by atoms with van der Waals surface area (Å²) in [6.07, 6.45) is 2.79. The van der Waals surface area contributed by atoms with Gasteiger partial charge in [-0.25, -0.2) is 4.79 Å². The summed E-state index contributed by atoms with van der Waals surface area (Å²) >= 11 is 0. The van der Waals surface area contributed by atoms with E-state index < -0.39 is 30.4 Å². The van der Waals surface area contributed by atoms with Crippen LogP contribution in [0.1, 0.15) is 51.0 Å². The number of anilines is 1. The Kier molecular flexibility index (Phi) is 6.51. The highest BCUT2D eigenvalue weighted by atomic mass is 16.5. The average molecular weight is 401 g/mol. The van der Waals surface area contributed by atoms with Crippen molar-refractivity contribution in [3.8, 4) is 0 Å². The normalized spacial score (nSPS) is 19.6. The average Bonchev–Trinajstić information content (AvgIpc) is 3.43. The minimum Gasteiger partial charge on any atom is -0.455 e. The van der Waals surface area contributed by atoms with E-state index in [1.807, 2.05) is 24.3 Å². The number of carbonyl (C=O) groups excluding carboxylic acids is 4. The molecular formula is C21H27N3O5. The zero-order valence-corrected chi connectivity index (χ0v) is 16.8. The fourth-order valence-corrected chi connectivity index (χ4v) is 3.33. The first kappa shape index (κ1) is 20.8. The molecule has 2 N–H and O–H groups in total. The molecule has 1 heterocycles. The van der Waals surface area contributed by atoms with Gasteiger partial charge in [0, 0.05) is 24.7 Å². The third-order valence-corrected chi connectivity index (χ3v) is 5.34. The molecule has 1 aliphatic carbocycles. The number of hydrogen-bond acceptors (Lipinski definition) is 5. The SMILES string of the molecule is CC[C@H](C)c1ccccc1N1C[C@H](C(=O)OCC(=O)NC(=O)NC2CC2)CC1=O. The molecule has 0 unspecified atom stereocenters. The predicted octanol–water partition coefficient (Wildman–Crippen LogP) is 2.08. The third kappa shape index (κ3) is 5.34. The Morgan fingerprint density at radius 3 is 2.66 bits per heavy atom. The van der Waals surface area contributed by atoms with Crippen LogP contribution in [0.5, 0.6) is 0 Å². The van der Waals surface area contributed by atoms with E-state index in [4.69, 9.17) is 4.74 Å². The van der Waals surface area contributed by atoms with Gasteiger partial charge in [0.1, 0.15) is 0 Å². The van der Waals surface area contributed by atoms with Gasteiger partial charge in [-0.05, 0) is 36.8 Å². The molecule has 1 aromatic rings. The molecule has 0 bridgehead atoms. The Morgan fingerprint density at radius 2 is 1.97 bits per heavy atom. The number of para-hydroxylation sites is 1. The van der Waals surface area contributed by atoms with Gasteiger partial charge >= 0.3 is 12.0 Å². The maximum absolute atomic E-state index is 12.5. The molecule has 0 aromatic heterocycles. The maximum Gasteiger partial charge on any atom is 0.321 e. The minimum atomic E-state index is -0.695. The highest BCUT2D eigenvalue weighted by molar-refractivity contribution is 6.00.